The van der Waals surface area contributed by atoms with Gasteiger partial charge in [0.25, 0.3) is 0 Å². The van der Waals surface area contributed by atoms with E-state index in [0.29, 0.717) is 17.7 Å². The number of fused-ring (bicyclic) bond motifs is 1. The molecule has 1 aromatic rings. The first-order chi connectivity index (χ1) is 7.45. The molecule has 16 heavy (non-hydrogen) atoms. The van der Waals surface area contributed by atoms with Crippen LogP contribution >= 0.6 is 0 Å². The zero-order chi connectivity index (χ0) is 11.9. The molecule has 0 fully saturated rings. The Morgan fingerprint density at radius 2 is 2.19 bits per heavy atom. The fourth-order valence-electron chi connectivity index (χ4n) is 2.17. The Morgan fingerprint density at radius 1 is 1.50 bits per heavy atom. The average molecular weight is 236 g/mol. The zero-order valence-corrected chi connectivity index (χ0v) is 10.0. The molecule has 1 aromatic heterocycles. The molecule has 0 saturated heterocycles. The maximum absolute atomic E-state index is 11.6. The largest absolute Gasteiger partial charge is 0.246 e. The number of allylic oxidation sites excluding steroid dienone is 2. The number of rotatable bonds is 1. The van der Waals surface area contributed by atoms with E-state index in [2.05, 4.69) is 6.07 Å². The maximum Gasteiger partial charge on any atom is 0.236 e. The van der Waals surface area contributed by atoms with Crippen LogP contribution in [-0.2, 0) is 16.4 Å². The van der Waals surface area contributed by atoms with Crippen LogP contribution in [0.3, 0.4) is 0 Å². The summed E-state index contributed by atoms with van der Waals surface area (Å²) in [5, 5.41) is 8.96. The Balaban J connectivity index is 2.75. The van der Waals surface area contributed by atoms with Gasteiger partial charge in [-0.25, -0.2) is 12.4 Å². The molecule has 1 aliphatic carbocycles. The van der Waals surface area contributed by atoms with Crippen LogP contribution in [-0.4, -0.2) is 18.6 Å². The second kappa shape index (κ2) is 3.49. The van der Waals surface area contributed by atoms with Gasteiger partial charge in [0.2, 0.25) is 10.0 Å². The van der Waals surface area contributed by atoms with E-state index in [9.17, 15) is 8.42 Å². The van der Waals surface area contributed by atoms with Crippen LogP contribution in [0.15, 0.2) is 12.1 Å². The highest BCUT2D eigenvalue weighted by Gasteiger charge is 2.23. The number of hydrogen-bond acceptors (Lipinski definition) is 3. The van der Waals surface area contributed by atoms with Crippen molar-refractivity contribution in [2.24, 2.45) is 0 Å². The lowest BCUT2D eigenvalue weighted by atomic mass is 9.98. The number of nitriles is 1. The third-order valence-corrected chi connectivity index (χ3v) is 3.87. The number of aryl methyl sites for hydroxylation is 1. The number of hydrogen-bond donors (Lipinski definition) is 0. The van der Waals surface area contributed by atoms with E-state index < -0.39 is 10.0 Å². The molecule has 0 radical (unpaired) electrons. The summed E-state index contributed by atoms with van der Waals surface area (Å²) in [6, 6.07) is 3.87. The van der Waals surface area contributed by atoms with E-state index >= 15 is 0 Å². The van der Waals surface area contributed by atoms with Crippen LogP contribution in [0.4, 0.5) is 0 Å². The van der Waals surface area contributed by atoms with E-state index in [0.717, 1.165) is 17.7 Å². The lowest BCUT2D eigenvalue weighted by molar-refractivity contribution is 0.589. The van der Waals surface area contributed by atoms with E-state index in [1.165, 1.54) is 10.2 Å². The van der Waals surface area contributed by atoms with Crippen LogP contribution < -0.4 is 0 Å². The lowest BCUT2D eigenvalue weighted by Gasteiger charge is -2.13. The average Bonchev–Trinajstić information content (AvgIpc) is 2.52. The van der Waals surface area contributed by atoms with E-state index in [1.807, 2.05) is 6.08 Å². The highest BCUT2D eigenvalue weighted by atomic mass is 32.2. The van der Waals surface area contributed by atoms with Crippen molar-refractivity contribution in [3.05, 3.63) is 29.1 Å². The fraction of sp³-hybridized carbons (Fsp3) is 0.364. The minimum absolute atomic E-state index is 0.576. The van der Waals surface area contributed by atoms with Crippen molar-refractivity contribution in [1.82, 2.24) is 3.97 Å². The first kappa shape index (κ1) is 11.0. The van der Waals surface area contributed by atoms with Gasteiger partial charge >= 0.3 is 0 Å². The Morgan fingerprint density at radius 3 is 2.75 bits per heavy atom. The van der Waals surface area contributed by atoms with Crippen LogP contribution in [0.5, 0.6) is 0 Å². The minimum atomic E-state index is -3.28. The maximum atomic E-state index is 11.6. The Labute approximate surface area is 94.9 Å². The van der Waals surface area contributed by atoms with Crippen molar-refractivity contribution in [3.8, 4) is 6.07 Å². The molecule has 1 aliphatic rings. The molecule has 2 rings (SSSR count). The molecule has 0 bridgehead atoms. The Bertz CT molecular complexity index is 615. The summed E-state index contributed by atoms with van der Waals surface area (Å²) in [5.41, 5.74) is 2.73. The summed E-state index contributed by atoms with van der Waals surface area (Å²) >= 11 is 0. The molecule has 1 heterocycles. The molecule has 4 nitrogen and oxygen atoms in total. The number of nitrogens with zero attached hydrogens (tertiary/aromatic N) is 2. The summed E-state index contributed by atoms with van der Waals surface area (Å²) < 4.78 is 24.6. The van der Waals surface area contributed by atoms with Crippen LogP contribution in [0.2, 0.25) is 0 Å². The molecular formula is C11H12N2O2S. The third kappa shape index (κ3) is 1.55. The lowest BCUT2D eigenvalue weighted by Crippen LogP contribution is -2.16. The van der Waals surface area contributed by atoms with E-state index in [4.69, 9.17) is 5.26 Å². The van der Waals surface area contributed by atoms with Crippen molar-refractivity contribution in [2.45, 2.75) is 19.8 Å². The predicted molar refractivity (Wildman–Crippen MR) is 61.3 cm³/mol. The second-order valence-electron chi connectivity index (χ2n) is 3.94. The summed E-state index contributed by atoms with van der Waals surface area (Å²) in [6.07, 6.45) is 4.43. The second-order valence-corrected chi connectivity index (χ2v) is 5.77. The van der Waals surface area contributed by atoms with Gasteiger partial charge in [-0.1, -0.05) is 6.08 Å². The van der Waals surface area contributed by atoms with Crippen molar-refractivity contribution >= 4 is 15.6 Å². The SMILES string of the molecule is Cc1cc2c(n1S(C)(=O)=O)CCC=C2C#N. The predicted octanol–water partition coefficient (Wildman–Crippen LogP) is 1.46. The molecular weight excluding hydrogens is 224 g/mol. The zero-order valence-electron chi connectivity index (χ0n) is 9.19. The van der Waals surface area contributed by atoms with Gasteiger partial charge in [0.15, 0.2) is 0 Å². The third-order valence-electron chi connectivity index (χ3n) is 2.70. The quantitative estimate of drug-likeness (QED) is 0.741. The van der Waals surface area contributed by atoms with Gasteiger partial charge in [-0.2, -0.15) is 5.26 Å². The first-order valence-corrected chi connectivity index (χ1v) is 6.82. The minimum Gasteiger partial charge on any atom is -0.246 e. The van der Waals surface area contributed by atoms with Crippen LogP contribution in [0.1, 0.15) is 23.4 Å². The standard InChI is InChI=1S/C11H12N2O2S/c1-8-6-10-9(7-12)4-3-5-11(10)13(8)16(2,14)15/h4,6H,3,5H2,1-2H3. The van der Waals surface area contributed by atoms with E-state index in [-0.39, 0.29) is 0 Å². The smallest absolute Gasteiger partial charge is 0.236 e. The Hall–Kier alpha value is -1.54. The highest BCUT2D eigenvalue weighted by Crippen LogP contribution is 2.29. The molecule has 0 atom stereocenters. The summed E-state index contributed by atoms with van der Waals surface area (Å²) in [5.74, 6) is 0. The van der Waals surface area contributed by atoms with Gasteiger partial charge < -0.3 is 0 Å². The summed E-state index contributed by atoms with van der Waals surface area (Å²) in [4.78, 5) is 0. The molecule has 0 amide bonds. The molecule has 0 saturated carbocycles. The molecule has 0 aromatic carbocycles. The highest BCUT2D eigenvalue weighted by molar-refractivity contribution is 7.89. The van der Waals surface area contributed by atoms with Gasteiger partial charge in [-0.3, -0.25) is 0 Å². The van der Waals surface area contributed by atoms with E-state index in [1.54, 1.807) is 13.0 Å². The van der Waals surface area contributed by atoms with Crippen molar-refractivity contribution < 1.29 is 8.42 Å². The Kier molecular flexibility index (Phi) is 2.39. The molecule has 0 aliphatic heterocycles. The number of aromatic nitrogens is 1. The van der Waals surface area contributed by atoms with Crippen molar-refractivity contribution in [2.75, 3.05) is 6.26 Å². The molecule has 0 spiro atoms. The van der Waals surface area contributed by atoms with Crippen LogP contribution in [0, 0.1) is 18.3 Å². The molecule has 5 heteroatoms. The summed E-state index contributed by atoms with van der Waals surface area (Å²) in [6.45, 7) is 1.74. The van der Waals surface area contributed by atoms with Gasteiger partial charge in [0.05, 0.1) is 17.9 Å². The van der Waals surface area contributed by atoms with Gasteiger partial charge in [-0.05, 0) is 25.8 Å². The fourth-order valence-corrected chi connectivity index (χ4v) is 3.34. The van der Waals surface area contributed by atoms with Crippen LogP contribution in [0.25, 0.3) is 5.57 Å². The summed E-state index contributed by atoms with van der Waals surface area (Å²) in [7, 11) is -3.28. The molecule has 0 N–H and O–H groups in total. The van der Waals surface area contributed by atoms with Gasteiger partial charge in [-0.15, -0.1) is 0 Å². The van der Waals surface area contributed by atoms with Gasteiger partial charge in [0, 0.05) is 17.0 Å². The molecule has 0 unspecified atom stereocenters. The van der Waals surface area contributed by atoms with Gasteiger partial charge in [0.1, 0.15) is 0 Å². The topological polar surface area (TPSA) is 62.9 Å². The monoisotopic (exact) mass is 236 g/mol. The first-order valence-electron chi connectivity index (χ1n) is 4.97. The van der Waals surface area contributed by atoms with Crippen molar-refractivity contribution in [3.63, 3.8) is 0 Å². The van der Waals surface area contributed by atoms with Crippen molar-refractivity contribution in [1.29, 1.82) is 5.26 Å². The normalized spacial score (nSPS) is 15.2. The molecule has 84 valence electrons.